The number of hydrogen-bond donors (Lipinski definition) is 2. The lowest BCUT2D eigenvalue weighted by molar-refractivity contribution is 0.0922. The second kappa shape index (κ2) is 4.80. The van der Waals surface area contributed by atoms with Crippen molar-refractivity contribution >= 4 is 22.4 Å². The van der Waals surface area contributed by atoms with Crippen LogP contribution in [-0.2, 0) is 6.54 Å². The summed E-state index contributed by atoms with van der Waals surface area (Å²) in [6, 6.07) is 3.30. The Morgan fingerprint density at radius 1 is 1.62 bits per heavy atom. The standard InChI is InChI=1S/C10H11N3O2S/c1-11-10-13-7(6-16-10)5-12-9(14)8-3-2-4-15-8/h2-4,6H,5H2,1H3,(H,11,13)(H,12,14). The van der Waals surface area contributed by atoms with Crippen LogP contribution in [0.2, 0.25) is 0 Å². The molecule has 0 aromatic carbocycles. The summed E-state index contributed by atoms with van der Waals surface area (Å²) < 4.78 is 4.97. The predicted octanol–water partition coefficient (Wildman–Crippen LogP) is 1.71. The molecule has 2 heterocycles. The minimum atomic E-state index is -0.232. The molecule has 6 heteroatoms. The third-order valence-electron chi connectivity index (χ3n) is 1.94. The molecular formula is C10H11N3O2S. The molecule has 0 aliphatic heterocycles. The van der Waals surface area contributed by atoms with Gasteiger partial charge in [0.1, 0.15) is 0 Å². The van der Waals surface area contributed by atoms with Crippen LogP contribution in [0.25, 0.3) is 0 Å². The average molecular weight is 237 g/mol. The van der Waals surface area contributed by atoms with Crippen LogP contribution in [0.1, 0.15) is 16.2 Å². The molecule has 0 aliphatic carbocycles. The molecule has 1 amide bonds. The molecule has 2 aromatic heterocycles. The van der Waals surface area contributed by atoms with Crippen molar-refractivity contribution in [1.82, 2.24) is 10.3 Å². The summed E-state index contributed by atoms with van der Waals surface area (Å²) in [7, 11) is 1.81. The first-order chi connectivity index (χ1) is 7.79. The van der Waals surface area contributed by atoms with E-state index in [0.717, 1.165) is 10.8 Å². The molecule has 0 fully saturated rings. The highest BCUT2D eigenvalue weighted by Gasteiger charge is 2.08. The number of carbonyl (C=O) groups excluding carboxylic acids is 1. The van der Waals surface area contributed by atoms with E-state index in [2.05, 4.69) is 15.6 Å². The molecule has 5 nitrogen and oxygen atoms in total. The maximum absolute atomic E-state index is 11.5. The fraction of sp³-hybridized carbons (Fsp3) is 0.200. The van der Waals surface area contributed by atoms with Crippen molar-refractivity contribution in [3.8, 4) is 0 Å². The Morgan fingerprint density at radius 3 is 3.12 bits per heavy atom. The third kappa shape index (κ3) is 2.40. The van der Waals surface area contributed by atoms with Gasteiger partial charge in [-0.2, -0.15) is 0 Å². The molecule has 2 rings (SSSR count). The van der Waals surface area contributed by atoms with Gasteiger partial charge < -0.3 is 15.1 Å². The van der Waals surface area contributed by atoms with Gasteiger partial charge in [0.25, 0.3) is 5.91 Å². The van der Waals surface area contributed by atoms with Crippen molar-refractivity contribution < 1.29 is 9.21 Å². The molecular weight excluding hydrogens is 226 g/mol. The highest BCUT2D eigenvalue weighted by molar-refractivity contribution is 7.13. The summed E-state index contributed by atoms with van der Waals surface area (Å²) in [5.74, 6) is 0.0769. The fourth-order valence-electron chi connectivity index (χ4n) is 1.17. The van der Waals surface area contributed by atoms with Crippen LogP contribution >= 0.6 is 11.3 Å². The average Bonchev–Trinajstić information content (AvgIpc) is 2.96. The minimum Gasteiger partial charge on any atom is -0.459 e. The van der Waals surface area contributed by atoms with E-state index in [-0.39, 0.29) is 5.91 Å². The van der Waals surface area contributed by atoms with E-state index < -0.39 is 0 Å². The van der Waals surface area contributed by atoms with E-state index in [1.54, 1.807) is 12.1 Å². The zero-order valence-corrected chi connectivity index (χ0v) is 9.50. The number of amides is 1. The lowest BCUT2D eigenvalue weighted by atomic mass is 10.4. The molecule has 0 unspecified atom stereocenters. The maximum Gasteiger partial charge on any atom is 0.287 e. The molecule has 0 aliphatic rings. The van der Waals surface area contributed by atoms with Crippen molar-refractivity contribution in [3.05, 3.63) is 35.2 Å². The van der Waals surface area contributed by atoms with Crippen molar-refractivity contribution in [1.29, 1.82) is 0 Å². The van der Waals surface area contributed by atoms with Crippen molar-refractivity contribution in [2.24, 2.45) is 0 Å². The van der Waals surface area contributed by atoms with Gasteiger partial charge in [0, 0.05) is 12.4 Å². The van der Waals surface area contributed by atoms with Crippen LogP contribution in [0.3, 0.4) is 0 Å². The van der Waals surface area contributed by atoms with Gasteiger partial charge in [-0.15, -0.1) is 11.3 Å². The van der Waals surface area contributed by atoms with Gasteiger partial charge in [-0.1, -0.05) is 0 Å². The summed E-state index contributed by atoms with van der Waals surface area (Å²) in [6.45, 7) is 0.401. The van der Waals surface area contributed by atoms with E-state index in [1.165, 1.54) is 17.6 Å². The summed E-state index contributed by atoms with van der Waals surface area (Å²) in [4.78, 5) is 15.8. The third-order valence-corrected chi connectivity index (χ3v) is 2.85. The quantitative estimate of drug-likeness (QED) is 0.849. The van der Waals surface area contributed by atoms with E-state index in [9.17, 15) is 4.79 Å². The van der Waals surface area contributed by atoms with Crippen LogP contribution in [0.15, 0.2) is 28.2 Å². The highest BCUT2D eigenvalue weighted by Crippen LogP contribution is 2.14. The van der Waals surface area contributed by atoms with Crippen LogP contribution in [-0.4, -0.2) is 17.9 Å². The van der Waals surface area contributed by atoms with Crippen molar-refractivity contribution in [2.45, 2.75) is 6.54 Å². The Morgan fingerprint density at radius 2 is 2.50 bits per heavy atom. The molecule has 0 radical (unpaired) electrons. The van der Waals surface area contributed by atoms with E-state index in [4.69, 9.17) is 4.42 Å². The van der Waals surface area contributed by atoms with E-state index >= 15 is 0 Å². The van der Waals surface area contributed by atoms with Gasteiger partial charge in [0.05, 0.1) is 18.5 Å². The smallest absolute Gasteiger partial charge is 0.287 e. The highest BCUT2D eigenvalue weighted by atomic mass is 32.1. The molecule has 2 aromatic rings. The van der Waals surface area contributed by atoms with Crippen molar-refractivity contribution in [3.63, 3.8) is 0 Å². The number of furan rings is 1. The largest absolute Gasteiger partial charge is 0.459 e. The zero-order valence-electron chi connectivity index (χ0n) is 8.69. The Hall–Kier alpha value is -1.82. The Kier molecular flexibility index (Phi) is 3.21. The van der Waals surface area contributed by atoms with Crippen LogP contribution in [0.4, 0.5) is 5.13 Å². The fourth-order valence-corrected chi connectivity index (χ4v) is 1.84. The van der Waals surface area contributed by atoms with Gasteiger partial charge in [-0.25, -0.2) is 4.98 Å². The number of nitrogens with zero attached hydrogens (tertiary/aromatic N) is 1. The predicted molar refractivity (Wildman–Crippen MR) is 61.5 cm³/mol. The SMILES string of the molecule is CNc1nc(CNC(=O)c2ccco2)cs1. The topological polar surface area (TPSA) is 67.2 Å². The minimum absolute atomic E-state index is 0.232. The van der Waals surface area contributed by atoms with Crippen molar-refractivity contribution in [2.75, 3.05) is 12.4 Å². The number of aromatic nitrogens is 1. The number of nitrogens with one attached hydrogen (secondary N) is 2. The summed E-state index contributed by atoms with van der Waals surface area (Å²) in [5, 5.41) is 8.39. The molecule has 0 saturated heterocycles. The van der Waals surface area contributed by atoms with Crippen LogP contribution in [0.5, 0.6) is 0 Å². The maximum atomic E-state index is 11.5. The van der Waals surface area contributed by atoms with Gasteiger partial charge in [-0.05, 0) is 12.1 Å². The number of hydrogen-bond acceptors (Lipinski definition) is 5. The first-order valence-corrected chi connectivity index (χ1v) is 5.61. The Labute approximate surface area is 96.5 Å². The molecule has 84 valence electrons. The molecule has 16 heavy (non-hydrogen) atoms. The second-order valence-corrected chi connectivity index (χ2v) is 3.91. The number of rotatable bonds is 4. The van der Waals surface area contributed by atoms with Gasteiger partial charge in [0.15, 0.2) is 10.9 Å². The van der Waals surface area contributed by atoms with E-state index in [1.807, 2.05) is 12.4 Å². The van der Waals surface area contributed by atoms with Crippen LogP contribution < -0.4 is 10.6 Å². The number of anilines is 1. The molecule has 2 N–H and O–H groups in total. The second-order valence-electron chi connectivity index (χ2n) is 3.05. The van der Waals surface area contributed by atoms with Gasteiger partial charge >= 0.3 is 0 Å². The monoisotopic (exact) mass is 237 g/mol. The van der Waals surface area contributed by atoms with Gasteiger partial charge in [-0.3, -0.25) is 4.79 Å². The first-order valence-electron chi connectivity index (χ1n) is 4.73. The lowest BCUT2D eigenvalue weighted by Crippen LogP contribution is -2.22. The first kappa shape index (κ1) is 10.7. The summed E-state index contributed by atoms with van der Waals surface area (Å²) >= 11 is 1.50. The zero-order chi connectivity index (χ0) is 11.4. The number of carbonyl (C=O) groups is 1. The summed E-state index contributed by atoms with van der Waals surface area (Å²) in [5.41, 5.74) is 0.828. The molecule has 0 saturated carbocycles. The molecule has 0 spiro atoms. The van der Waals surface area contributed by atoms with Gasteiger partial charge in [0.2, 0.25) is 0 Å². The van der Waals surface area contributed by atoms with Crippen LogP contribution in [0, 0.1) is 0 Å². The summed E-state index contributed by atoms with van der Waals surface area (Å²) in [6.07, 6.45) is 1.47. The Bertz CT molecular complexity index is 464. The number of thiazole rings is 1. The normalized spacial score (nSPS) is 10.1. The van der Waals surface area contributed by atoms with E-state index in [0.29, 0.717) is 12.3 Å². The lowest BCUT2D eigenvalue weighted by Gasteiger charge is -1.99. The molecule has 0 bridgehead atoms. The molecule has 0 atom stereocenters. The Balaban J connectivity index is 1.90.